The lowest BCUT2D eigenvalue weighted by atomic mass is 9.96. The Bertz CT molecular complexity index is 3230. The van der Waals surface area contributed by atoms with Crippen LogP contribution in [0.2, 0.25) is 0 Å². The molecule has 0 bridgehead atoms. The van der Waals surface area contributed by atoms with Gasteiger partial charge in [-0.05, 0) is 109 Å². The molecule has 262 valence electrons. The minimum Gasteiger partial charge on any atom is -0.455 e. The number of hydrogen-bond acceptors (Lipinski definition) is 2. The van der Waals surface area contributed by atoms with E-state index in [1.54, 1.807) is 0 Å². The molecule has 0 aliphatic heterocycles. The second-order valence-electron chi connectivity index (χ2n) is 14.5. The first kappa shape index (κ1) is 32.0. The van der Waals surface area contributed by atoms with Crippen LogP contribution < -0.4 is 4.90 Å². The summed E-state index contributed by atoms with van der Waals surface area (Å²) in [4.78, 5) is 2.37. The SMILES string of the molecule is c1cc(-c2cccc3ccccc23)cc(N(c2ccc(-c3cccc4ccccc34)cc2)c2ccc(-c3cccc4oc5c6ccccc6ccc5c34)cc2)c1. The van der Waals surface area contributed by atoms with Crippen molar-refractivity contribution in [2.45, 2.75) is 0 Å². The first-order chi connectivity index (χ1) is 27.8. The summed E-state index contributed by atoms with van der Waals surface area (Å²) in [5, 5.41) is 9.58. The topological polar surface area (TPSA) is 16.4 Å². The molecule has 11 rings (SSSR count). The minimum absolute atomic E-state index is 0.899. The van der Waals surface area contributed by atoms with Crippen LogP contribution in [0.1, 0.15) is 0 Å². The number of nitrogens with zero attached hydrogens (tertiary/aromatic N) is 1. The van der Waals surface area contributed by atoms with Gasteiger partial charge in [0.1, 0.15) is 11.2 Å². The molecular formula is C54H35NO. The van der Waals surface area contributed by atoms with Gasteiger partial charge in [0.25, 0.3) is 0 Å². The van der Waals surface area contributed by atoms with Crippen molar-refractivity contribution in [2.24, 2.45) is 0 Å². The van der Waals surface area contributed by atoms with Crippen LogP contribution in [-0.4, -0.2) is 0 Å². The number of furan rings is 1. The van der Waals surface area contributed by atoms with Crippen LogP contribution in [0.5, 0.6) is 0 Å². The van der Waals surface area contributed by atoms with Crippen molar-refractivity contribution in [3.8, 4) is 33.4 Å². The van der Waals surface area contributed by atoms with E-state index in [0.29, 0.717) is 0 Å². The van der Waals surface area contributed by atoms with Gasteiger partial charge in [0, 0.05) is 33.2 Å². The van der Waals surface area contributed by atoms with E-state index in [9.17, 15) is 0 Å². The minimum atomic E-state index is 0.899. The molecule has 0 aliphatic rings. The molecule has 11 aromatic rings. The maximum absolute atomic E-state index is 6.54. The summed E-state index contributed by atoms with van der Waals surface area (Å²) in [6.07, 6.45) is 0. The predicted molar refractivity (Wildman–Crippen MR) is 237 cm³/mol. The summed E-state index contributed by atoms with van der Waals surface area (Å²) in [7, 11) is 0. The van der Waals surface area contributed by atoms with Crippen LogP contribution in [0.15, 0.2) is 217 Å². The zero-order valence-electron chi connectivity index (χ0n) is 30.6. The average molecular weight is 714 g/mol. The summed E-state index contributed by atoms with van der Waals surface area (Å²) >= 11 is 0. The molecule has 0 unspecified atom stereocenters. The van der Waals surface area contributed by atoms with Crippen molar-refractivity contribution < 1.29 is 4.42 Å². The third-order valence-electron chi connectivity index (χ3n) is 11.3. The Labute approximate surface area is 325 Å². The van der Waals surface area contributed by atoms with E-state index < -0.39 is 0 Å². The molecule has 0 aliphatic carbocycles. The molecule has 0 amide bonds. The molecule has 2 heteroatoms. The van der Waals surface area contributed by atoms with Crippen molar-refractivity contribution >= 4 is 71.3 Å². The summed E-state index contributed by atoms with van der Waals surface area (Å²) in [6, 6.07) is 76.5. The Balaban J connectivity index is 1.04. The molecule has 1 aromatic heterocycles. The highest BCUT2D eigenvalue weighted by molar-refractivity contribution is 6.19. The highest BCUT2D eigenvalue weighted by atomic mass is 16.3. The van der Waals surface area contributed by atoms with Crippen LogP contribution in [0.4, 0.5) is 17.1 Å². The number of anilines is 3. The maximum Gasteiger partial charge on any atom is 0.143 e. The van der Waals surface area contributed by atoms with Crippen molar-refractivity contribution in [3.63, 3.8) is 0 Å². The molecule has 1 heterocycles. The van der Waals surface area contributed by atoms with E-state index in [1.165, 1.54) is 49.2 Å². The summed E-state index contributed by atoms with van der Waals surface area (Å²) in [5.74, 6) is 0. The summed E-state index contributed by atoms with van der Waals surface area (Å²) < 4.78 is 6.54. The highest BCUT2D eigenvalue weighted by Crippen LogP contribution is 2.42. The molecule has 0 atom stereocenters. The standard InChI is InChI=1S/C54H35NO/c1-4-18-45-36(11-1)14-8-21-47(45)39-25-30-42(31-26-39)55(44-17-7-16-41(35-44)48-22-9-15-37-12-2-5-19-46(37)48)43-32-27-40(28-33-43)49-23-10-24-52-53(49)51-34-29-38-13-3-6-20-50(38)54(51)56-52/h1-35H. The fourth-order valence-electron chi connectivity index (χ4n) is 8.59. The van der Waals surface area contributed by atoms with Gasteiger partial charge in [0.15, 0.2) is 0 Å². The fourth-order valence-corrected chi connectivity index (χ4v) is 8.59. The third kappa shape index (κ3) is 5.34. The Kier molecular flexibility index (Phi) is 7.53. The van der Waals surface area contributed by atoms with Gasteiger partial charge < -0.3 is 9.32 Å². The molecule has 10 aromatic carbocycles. The van der Waals surface area contributed by atoms with E-state index in [4.69, 9.17) is 4.42 Å². The molecule has 0 spiro atoms. The number of rotatable bonds is 6. The van der Waals surface area contributed by atoms with Crippen molar-refractivity contribution in [1.82, 2.24) is 0 Å². The van der Waals surface area contributed by atoms with Crippen molar-refractivity contribution in [3.05, 3.63) is 212 Å². The van der Waals surface area contributed by atoms with E-state index in [2.05, 4.69) is 217 Å². The summed E-state index contributed by atoms with van der Waals surface area (Å²) in [6.45, 7) is 0. The molecule has 0 N–H and O–H groups in total. The van der Waals surface area contributed by atoms with Gasteiger partial charge in [0.2, 0.25) is 0 Å². The first-order valence-electron chi connectivity index (χ1n) is 19.2. The Morgan fingerprint density at radius 1 is 0.304 bits per heavy atom. The van der Waals surface area contributed by atoms with E-state index >= 15 is 0 Å². The second-order valence-corrected chi connectivity index (χ2v) is 14.5. The molecule has 0 saturated heterocycles. The molecule has 0 radical (unpaired) electrons. The first-order valence-corrected chi connectivity index (χ1v) is 19.2. The molecule has 2 nitrogen and oxygen atoms in total. The lowest BCUT2D eigenvalue weighted by Gasteiger charge is -2.26. The van der Waals surface area contributed by atoms with Gasteiger partial charge >= 0.3 is 0 Å². The van der Waals surface area contributed by atoms with Gasteiger partial charge in [0.05, 0.1) is 0 Å². The number of hydrogen-bond donors (Lipinski definition) is 0. The zero-order valence-corrected chi connectivity index (χ0v) is 30.6. The molecular weight excluding hydrogens is 679 g/mol. The highest BCUT2D eigenvalue weighted by Gasteiger charge is 2.18. The molecule has 56 heavy (non-hydrogen) atoms. The zero-order chi connectivity index (χ0) is 37.0. The van der Waals surface area contributed by atoms with Gasteiger partial charge in [-0.3, -0.25) is 0 Å². The Morgan fingerprint density at radius 3 is 1.46 bits per heavy atom. The lowest BCUT2D eigenvalue weighted by molar-refractivity contribution is 0.673. The van der Waals surface area contributed by atoms with Gasteiger partial charge in [-0.1, -0.05) is 164 Å². The van der Waals surface area contributed by atoms with Crippen LogP contribution >= 0.6 is 0 Å². The van der Waals surface area contributed by atoms with Crippen molar-refractivity contribution in [1.29, 1.82) is 0 Å². The fraction of sp³-hybridized carbons (Fsp3) is 0. The monoisotopic (exact) mass is 713 g/mol. The molecule has 0 saturated carbocycles. The Hall–Kier alpha value is -7.42. The summed E-state index contributed by atoms with van der Waals surface area (Å²) in [5.41, 5.74) is 12.2. The van der Waals surface area contributed by atoms with E-state index in [1.807, 2.05) is 0 Å². The Morgan fingerprint density at radius 2 is 0.804 bits per heavy atom. The van der Waals surface area contributed by atoms with Crippen molar-refractivity contribution in [2.75, 3.05) is 4.90 Å². The van der Waals surface area contributed by atoms with Crippen LogP contribution in [0, 0.1) is 0 Å². The van der Waals surface area contributed by atoms with E-state index in [-0.39, 0.29) is 0 Å². The number of fused-ring (bicyclic) bond motifs is 7. The quantitative estimate of drug-likeness (QED) is 0.171. The largest absolute Gasteiger partial charge is 0.455 e. The maximum atomic E-state index is 6.54. The van der Waals surface area contributed by atoms with Crippen LogP contribution in [0.25, 0.3) is 87.6 Å². The smallest absolute Gasteiger partial charge is 0.143 e. The molecule has 0 fully saturated rings. The van der Waals surface area contributed by atoms with Gasteiger partial charge in [-0.15, -0.1) is 0 Å². The predicted octanol–water partition coefficient (Wildman–Crippen LogP) is 15.5. The normalized spacial score (nSPS) is 11.6. The number of benzene rings is 10. The van der Waals surface area contributed by atoms with Gasteiger partial charge in [-0.25, -0.2) is 0 Å². The van der Waals surface area contributed by atoms with Crippen LogP contribution in [-0.2, 0) is 0 Å². The van der Waals surface area contributed by atoms with Gasteiger partial charge in [-0.2, -0.15) is 0 Å². The van der Waals surface area contributed by atoms with Crippen LogP contribution in [0.3, 0.4) is 0 Å². The van der Waals surface area contributed by atoms with E-state index in [0.717, 1.165) is 55.5 Å². The lowest BCUT2D eigenvalue weighted by Crippen LogP contribution is -2.10. The third-order valence-corrected chi connectivity index (χ3v) is 11.3. The average Bonchev–Trinajstić information content (AvgIpc) is 3.67. The second kappa shape index (κ2) is 13.2.